The maximum atomic E-state index is 12.9. The van der Waals surface area contributed by atoms with Gasteiger partial charge in [0.2, 0.25) is 10.0 Å². The summed E-state index contributed by atoms with van der Waals surface area (Å²) in [5.41, 5.74) is 0.420. The van der Waals surface area contributed by atoms with E-state index in [-0.39, 0.29) is 16.8 Å². The number of aromatic nitrogens is 3. The van der Waals surface area contributed by atoms with Gasteiger partial charge in [0.1, 0.15) is 6.33 Å². The third-order valence-electron chi connectivity index (χ3n) is 5.46. The number of carbonyl (C=O) groups excluding carboxylic acids is 1. The normalized spacial score (nSPS) is 20.8. The standard InChI is InChI=1S/C19H25N5O3S/c1-14-4-2-3-11-24(14)28(26,27)17-9-5-15(6-10-17)19(25)20-12-18-22-21-13-23(18)16-7-8-16/h5-6,9-10,13-14,16H,2-4,7-8,11-12H2,1H3,(H,20,25). The summed E-state index contributed by atoms with van der Waals surface area (Å²) in [5, 5.41) is 10.8. The van der Waals surface area contributed by atoms with E-state index in [4.69, 9.17) is 0 Å². The first-order valence-corrected chi connectivity index (χ1v) is 11.2. The van der Waals surface area contributed by atoms with E-state index < -0.39 is 10.0 Å². The lowest BCUT2D eigenvalue weighted by Crippen LogP contribution is -2.41. The molecular formula is C19H25N5O3S. The molecule has 1 unspecified atom stereocenters. The van der Waals surface area contributed by atoms with Gasteiger partial charge in [-0.05, 0) is 56.9 Å². The van der Waals surface area contributed by atoms with Crippen molar-refractivity contribution in [1.82, 2.24) is 24.4 Å². The molecule has 0 spiro atoms. The fraction of sp³-hybridized carbons (Fsp3) is 0.526. The van der Waals surface area contributed by atoms with E-state index in [1.165, 1.54) is 12.1 Å². The second-order valence-electron chi connectivity index (χ2n) is 7.55. The monoisotopic (exact) mass is 403 g/mol. The number of hydrogen-bond acceptors (Lipinski definition) is 5. The van der Waals surface area contributed by atoms with Gasteiger partial charge in [-0.15, -0.1) is 10.2 Å². The minimum Gasteiger partial charge on any atom is -0.345 e. The van der Waals surface area contributed by atoms with Gasteiger partial charge in [-0.2, -0.15) is 4.31 Å². The summed E-state index contributed by atoms with van der Waals surface area (Å²) in [5.74, 6) is 0.467. The van der Waals surface area contributed by atoms with E-state index in [0.717, 1.165) is 37.9 Å². The summed E-state index contributed by atoms with van der Waals surface area (Å²) in [7, 11) is -3.53. The SMILES string of the molecule is CC1CCCCN1S(=O)(=O)c1ccc(C(=O)NCc2nncn2C2CC2)cc1. The highest BCUT2D eigenvalue weighted by atomic mass is 32.2. The highest BCUT2D eigenvalue weighted by Crippen LogP contribution is 2.35. The van der Waals surface area contributed by atoms with E-state index in [2.05, 4.69) is 15.5 Å². The number of nitrogens with one attached hydrogen (secondary N) is 1. The molecule has 1 amide bonds. The summed E-state index contributed by atoms with van der Waals surface area (Å²) < 4.78 is 29.3. The highest BCUT2D eigenvalue weighted by molar-refractivity contribution is 7.89. The number of hydrogen-bond donors (Lipinski definition) is 1. The molecule has 2 heterocycles. The number of amides is 1. The molecule has 4 rings (SSSR count). The minimum atomic E-state index is -3.53. The van der Waals surface area contributed by atoms with Crippen molar-refractivity contribution < 1.29 is 13.2 Å². The summed E-state index contributed by atoms with van der Waals surface area (Å²) in [4.78, 5) is 12.7. The van der Waals surface area contributed by atoms with Gasteiger partial charge in [0.25, 0.3) is 5.91 Å². The number of rotatable bonds is 6. The first-order chi connectivity index (χ1) is 13.5. The van der Waals surface area contributed by atoms with Gasteiger partial charge in [0.05, 0.1) is 11.4 Å². The van der Waals surface area contributed by atoms with Crippen LogP contribution in [0.3, 0.4) is 0 Å². The van der Waals surface area contributed by atoms with Crippen molar-refractivity contribution in [1.29, 1.82) is 0 Å². The van der Waals surface area contributed by atoms with Gasteiger partial charge < -0.3 is 9.88 Å². The van der Waals surface area contributed by atoms with Crippen molar-refractivity contribution in [3.63, 3.8) is 0 Å². The Morgan fingerprint density at radius 2 is 1.93 bits per heavy atom. The van der Waals surface area contributed by atoms with Gasteiger partial charge in [0.15, 0.2) is 5.82 Å². The van der Waals surface area contributed by atoms with Crippen molar-refractivity contribution in [3.8, 4) is 0 Å². The first-order valence-electron chi connectivity index (χ1n) is 9.75. The van der Waals surface area contributed by atoms with Crippen LogP contribution in [-0.2, 0) is 16.6 Å². The Bertz CT molecular complexity index is 950. The molecule has 0 radical (unpaired) electrons. The van der Waals surface area contributed by atoms with Crippen molar-refractivity contribution >= 4 is 15.9 Å². The fourth-order valence-electron chi connectivity index (χ4n) is 3.65. The van der Waals surface area contributed by atoms with Crippen LogP contribution in [-0.4, -0.2) is 46.0 Å². The van der Waals surface area contributed by atoms with Gasteiger partial charge >= 0.3 is 0 Å². The van der Waals surface area contributed by atoms with E-state index in [1.807, 2.05) is 11.5 Å². The van der Waals surface area contributed by atoms with E-state index in [0.29, 0.717) is 24.7 Å². The average Bonchev–Trinajstić information content (AvgIpc) is 3.44. The van der Waals surface area contributed by atoms with Crippen LogP contribution in [0.25, 0.3) is 0 Å². The van der Waals surface area contributed by atoms with Crippen LogP contribution in [0, 0.1) is 0 Å². The Balaban J connectivity index is 1.42. The molecule has 8 nitrogen and oxygen atoms in total. The van der Waals surface area contributed by atoms with Crippen molar-refractivity contribution in [2.45, 2.75) is 62.6 Å². The topological polar surface area (TPSA) is 97.2 Å². The third kappa shape index (κ3) is 3.81. The van der Waals surface area contributed by atoms with Gasteiger partial charge in [-0.25, -0.2) is 8.42 Å². The van der Waals surface area contributed by atoms with Gasteiger partial charge in [0, 0.05) is 24.2 Å². The lowest BCUT2D eigenvalue weighted by molar-refractivity contribution is 0.0949. The first kappa shape index (κ1) is 19.1. The lowest BCUT2D eigenvalue weighted by atomic mass is 10.1. The van der Waals surface area contributed by atoms with Crippen LogP contribution in [0.1, 0.15) is 61.3 Å². The predicted octanol–water partition coefficient (Wildman–Crippen LogP) is 2.11. The predicted molar refractivity (Wildman–Crippen MR) is 103 cm³/mol. The molecule has 2 fully saturated rings. The van der Waals surface area contributed by atoms with Crippen LogP contribution >= 0.6 is 0 Å². The molecule has 2 aromatic rings. The molecule has 1 saturated heterocycles. The molecule has 1 N–H and O–H groups in total. The number of benzene rings is 1. The highest BCUT2D eigenvalue weighted by Gasteiger charge is 2.31. The maximum absolute atomic E-state index is 12.9. The minimum absolute atomic E-state index is 0.00513. The molecule has 1 saturated carbocycles. The fourth-order valence-corrected chi connectivity index (χ4v) is 5.35. The second-order valence-corrected chi connectivity index (χ2v) is 9.44. The number of nitrogens with zero attached hydrogens (tertiary/aromatic N) is 4. The molecule has 2 aliphatic rings. The third-order valence-corrected chi connectivity index (χ3v) is 7.49. The Hall–Kier alpha value is -2.26. The lowest BCUT2D eigenvalue weighted by Gasteiger charge is -2.32. The number of carbonyl (C=O) groups is 1. The summed E-state index contributed by atoms with van der Waals surface area (Å²) in [6, 6.07) is 6.59. The Kier molecular flexibility index (Phi) is 5.20. The van der Waals surface area contributed by atoms with E-state index in [1.54, 1.807) is 22.8 Å². The average molecular weight is 404 g/mol. The number of sulfonamides is 1. The zero-order valence-electron chi connectivity index (χ0n) is 15.9. The second kappa shape index (κ2) is 7.63. The van der Waals surface area contributed by atoms with Crippen molar-refractivity contribution in [3.05, 3.63) is 42.0 Å². The summed E-state index contributed by atoms with van der Waals surface area (Å²) >= 11 is 0. The van der Waals surface area contributed by atoms with Gasteiger partial charge in [-0.3, -0.25) is 4.79 Å². The van der Waals surface area contributed by atoms with Crippen LogP contribution in [0.2, 0.25) is 0 Å². The van der Waals surface area contributed by atoms with Crippen LogP contribution < -0.4 is 5.32 Å². The van der Waals surface area contributed by atoms with Crippen LogP contribution in [0.5, 0.6) is 0 Å². The Morgan fingerprint density at radius 3 is 2.61 bits per heavy atom. The van der Waals surface area contributed by atoms with Crippen LogP contribution in [0.15, 0.2) is 35.5 Å². The van der Waals surface area contributed by atoms with E-state index in [9.17, 15) is 13.2 Å². The summed E-state index contributed by atoms with van der Waals surface area (Å²) in [6.07, 6.45) is 6.75. The van der Waals surface area contributed by atoms with Crippen molar-refractivity contribution in [2.75, 3.05) is 6.54 Å². The summed E-state index contributed by atoms with van der Waals surface area (Å²) in [6.45, 7) is 2.78. The zero-order valence-corrected chi connectivity index (χ0v) is 16.7. The quantitative estimate of drug-likeness (QED) is 0.797. The molecule has 1 aromatic carbocycles. The smallest absolute Gasteiger partial charge is 0.251 e. The van der Waals surface area contributed by atoms with E-state index >= 15 is 0 Å². The molecule has 150 valence electrons. The Morgan fingerprint density at radius 1 is 1.18 bits per heavy atom. The largest absolute Gasteiger partial charge is 0.345 e. The van der Waals surface area contributed by atoms with Crippen molar-refractivity contribution in [2.24, 2.45) is 0 Å². The molecule has 0 bridgehead atoms. The molecule has 1 aliphatic heterocycles. The molecule has 1 atom stereocenters. The molecule has 9 heteroatoms. The molecule has 28 heavy (non-hydrogen) atoms. The molecule has 1 aliphatic carbocycles. The zero-order chi connectivity index (χ0) is 19.7. The molecular weight excluding hydrogens is 378 g/mol. The number of piperidine rings is 1. The molecule has 1 aromatic heterocycles. The maximum Gasteiger partial charge on any atom is 0.251 e. The van der Waals surface area contributed by atoms with Crippen LogP contribution in [0.4, 0.5) is 0 Å². The van der Waals surface area contributed by atoms with Gasteiger partial charge in [-0.1, -0.05) is 6.42 Å². The Labute approximate surface area is 165 Å².